The molecule has 0 spiro atoms. The van der Waals surface area contributed by atoms with Crippen molar-refractivity contribution in [2.75, 3.05) is 0 Å². The van der Waals surface area contributed by atoms with Gasteiger partial charge in [0.05, 0.1) is 39.3 Å². The van der Waals surface area contributed by atoms with Crippen molar-refractivity contribution in [3.05, 3.63) is 228 Å². The number of para-hydroxylation sites is 5. The summed E-state index contributed by atoms with van der Waals surface area (Å²) in [6.07, 6.45) is 0. The van der Waals surface area contributed by atoms with E-state index in [1.54, 1.807) is 12.1 Å². The van der Waals surface area contributed by atoms with E-state index in [2.05, 4.69) is 198 Å². The van der Waals surface area contributed by atoms with E-state index in [1.807, 2.05) is 54.6 Å². The van der Waals surface area contributed by atoms with Gasteiger partial charge in [0.15, 0.2) is 0 Å². The minimum Gasteiger partial charge on any atom is -0.500 e. The second-order valence-corrected chi connectivity index (χ2v) is 20.5. The number of furan rings is 1. The van der Waals surface area contributed by atoms with Gasteiger partial charge in [-0.3, -0.25) is 9.97 Å². The number of nitrogens with zero attached hydrogens (tertiary/aromatic N) is 4. The van der Waals surface area contributed by atoms with E-state index in [9.17, 15) is 0 Å². The second-order valence-electron chi connectivity index (χ2n) is 20.5. The van der Waals surface area contributed by atoms with E-state index in [-0.39, 0.29) is 37.5 Å². The largest absolute Gasteiger partial charge is 0.500 e. The van der Waals surface area contributed by atoms with Crippen LogP contribution in [0.5, 0.6) is 0 Å². The first-order valence-corrected chi connectivity index (χ1v) is 25.9. The number of imidazole rings is 2. The maximum absolute atomic E-state index is 8.12. The zero-order valence-corrected chi connectivity index (χ0v) is 46.1. The molecule has 3 heterocycles. The Kier molecular flexibility index (Phi) is 13.4. The molecule has 75 heavy (non-hydrogen) atoms. The van der Waals surface area contributed by atoms with Gasteiger partial charge in [-0.2, -0.15) is 0 Å². The Labute approximate surface area is 459 Å². The van der Waals surface area contributed by atoms with E-state index in [1.165, 1.54) is 50.2 Å². The molecule has 0 amide bonds. The van der Waals surface area contributed by atoms with E-state index in [0.717, 1.165) is 49.9 Å². The Balaban J connectivity index is 0.000000181. The van der Waals surface area contributed by atoms with Crippen molar-refractivity contribution in [2.24, 2.45) is 0 Å². The molecule has 0 saturated heterocycles. The zero-order valence-electron chi connectivity index (χ0n) is 46.7. The van der Waals surface area contributed by atoms with Crippen molar-refractivity contribution in [3.63, 3.8) is 0 Å². The smallest absolute Gasteiger partial charge is 0.123 e. The monoisotopic (exact) mass is 1160 g/mol. The van der Waals surface area contributed by atoms with Crippen molar-refractivity contribution in [1.29, 1.82) is 0 Å². The normalized spacial score (nSPS) is 12.4. The van der Waals surface area contributed by atoms with Gasteiger partial charge in [-0.1, -0.05) is 169 Å². The molecule has 0 aliphatic rings. The molecule has 12 aromatic rings. The summed E-state index contributed by atoms with van der Waals surface area (Å²) in [7, 11) is 0. The molecule has 0 unspecified atom stereocenters. The van der Waals surface area contributed by atoms with Crippen LogP contribution in [0.25, 0.3) is 100 Å². The fraction of sp³-hybridized carbons (Fsp3) is 0.188. The molecule has 9 aromatic carbocycles. The number of aromatic nitrogens is 4. The Morgan fingerprint density at radius 2 is 0.907 bits per heavy atom. The minimum atomic E-state index is -2.30. The third-order valence-corrected chi connectivity index (χ3v) is 14.2. The maximum Gasteiger partial charge on any atom is 0.123 e. The van der Waals surface area contributed by atoms with E-state index in [4.69, 9.17) is 18.5 Å². The van der Waals surface area contributed by atoms with Crippen LogP contribution in [0.4, 0.5) is 0 Å². The van der Waals surface area contributed by atoms with Crippen LogP contribution in [0.15, 0.2) is 192 Å². The number of hydrogen-bond donors (Lipinski definition) is 0. The van der Waals surface area contributed by atoms with Crippen molar-refractivity contribution < 1.29 is 28.6 Å². The van der Waals surface area contributed by atoms with Gasteiger partial charge in [0.2, 0.25) is 0 Å². The summed E-state index contributed by atoms with van der Waals surface area (Å²) in [5.41, 5.74) is 19.2. The summed E-state index contributed by atoms with van der Waals surface area (Å²) in [6.45, 7) is 15.8. The summed E-state index contributed by atoms with van der Waals surface area (Å²) < 4.78 is 35.5. The van der Waals surface area contributed by atoms with E-state index < -0.39 is 6.85 Å². The van der Waals surface area contributed by atoms with Crippen molar-refractivity contribution in [1.82, 2.24) is 19.1 Å². The molecule has 375 valence electrons. The van der Waals surface area contributed by atoms with Crippen LogP contribution in [0.1, 0.15) is 111 Å². The van der Waals surface area contributed by atoms with E-state index in [0.29, 0.717) is 34.4 Å². The number of hydrogen-bond acceptors (Lipinski definition) is 3. The van der Waals surface area contributed by atoms with Crippen LogP contribution in [0, 0.1) is 19.0 Å². The molecule has 0 atom stereocenters. The summed E-state index contributed by atoms with van der Waals surface area (Å²) in [5, 5.41) is 1.61. The predicted molar refractivity (Wildman–Crippen MR) is 310 cm³/mol. The van der Waals surface area contributed by atoms with Gasteiger partial charge in [0.25, 0.3) is 0 Å². The van der Waals surface area contributed by atoms with Crippen LogP contribution >= 0.6 is 0 Å². The molecule has 0 N–H and O–H groups in total. The maximum atomic E-state index is 8.12. The number of aryl methyl sites for hydroxylation is 1. The number of rotatable bonds is 10. The van der Waals surface area contributed by atoms with Gasteiger partial charge >= 0.3 is 0 Å². The van der Waals surface area contributed by atoms with Crippen LogP contribution in [0.2, 0.25) is 0 Å². The van der Waals surface area contributed by atoms with Gasteiger partial charge in [-0.15, -0.1) is 54.1 Å². The molecule has 0 bridgehead atoms. The van der Waals surface area contributed by atoms with Crippen LogP contribution in [-0.4, -0.2) is 19.1 Å². The quantitative estimate of drug-likeness (QED) is 0.128. The zero-order chi connectivity index (χ0) is 53.7. The van der Waals surface area contributed by atoms with Gasteiger partial charge in [-0.05, 0) is 129 Å². The Hall–Kier alpha value is -7.63. The standard InChI is InChI=1S/C38H33N2O.C31H29N2.Ir/c1-23(2)31-21-27(26-14-7-6-8-15-26)22-32(24(3)4)35(31)40-34-20-10-9-19-33(34)39-38(40)30-18-12-17-29-28-16-11-13-25(5)36(28)41-37(29)30;1-21(2)26-19-25(23-13-7-5-8-14-23)20-27(22(3)4)30(26)33-29-18-12-11-17-28(29)32-31(33)24-15-9-6-10-16-24;/h6-17,19-24H,1-5H3;5-15,17-22H,1-4H3;/q2*-1;/i5D3;;. The SMILES string of the molecule is CC(C)c1cc(-c2ccccc2)cc(C(C)C)c1-n1c(-c2[c-]cccc2)nc2ccccc21.[2H]C([2H])([2H])c1cccc2c1oc1c(-c3nc4ccccc4n3-c3c(C(C)C)cc(-c4ccccc4)cc3C(C)C)[c-]ccc12.[Ir]. The first-order valence-electron chi connectivity index (χ1n) is 27.4. The summed E-state index contributed by atoms with van der Waals surface area (Å²) in [4.78, 5) is 10.3. The fourth-order valence-corrected chi connectivity index (χ4v) is 10.5. The molecule has 6 heteroatoms. The molecule has 1 radical (unpaired) electrons. The molecule has 3 aromatic heterocycles. The Bertz CT molecular complexity index is 4040. The molecule has 12 rings (SSSR count). The number of benzene rings is 9. The first-order chi connectivity index (χ1) is 37.2. The fourth-order valence-electron chi connectivity index (χ4n) is 10.5. The van der Waals surface area contributed by atoms with Gasteiger partial charge < -0.3 is 13.6 Å². The van der Waals surface area contributed by atoms with Crippen molar-refractivity contribution in [2.45, 2.75) is 85.9 Å². The van der Waals surface area contributed by atoms with Gasteiger partial charge in [-0.25, -0.2) is 0 Å². The van der Waals surface area contributed by atoms with Gasteiger partial charge in [0.1, 0.15) is 5.58 Å². The van der Waals surface area contributed by atoms with Gasteiger partial charge in [0, 0.05) is 41.0 Å². The minimum absolute atomic E-state index is 0. The Morgan fingerprint density at radius 3 is 1.40 bits per heavy atom. The van der Waals surface area contributed by atoms with Crippen LogP contribution < -0.4 is 0 Å². The molecular formula is C69H62IrN4O-2. The van der Waals surface area contributed by atoms with Crippen LogP contribution in [0.3, 0.4) is 0 Å². The predicted octanol–water partition coefficient (Wildman–Crippen LogP) is 19.0. The third-order valence-electron chi connectivity index (χ3n) is 14.2. The second kappa shape index (κ2) is 21.3. The third kappa shape index (κ3) is 9.47. The summed E-state index contributed by atoms with van der Waals surface area (Å²) in [6, 6.07) is 71.3. The first kappa shape index (κ1) is 47.1. The topological polar surface area (TPSA) is 48.8 Å². The number of fused-ring (bicyclic) bond motifs is 5. The molecule has 5 nitrogen and oxygen atoms in total. The van der Waals surface area contributed by atoms with Crippen molar-refractivity contribution in [3.8, 4) is 56.4 Å². The average molecular weight is 1160 g/mol. The van der Waals surface area contributed by atoms with Crippen LogP contribution in [-0.2, 0) is 20.1 Å². The van der Waals surface area contributed by atoms with E-state index >= 15 is 0 Å². The molecular weight excluding hydrogens is 1090 g/mol. The molecule has 0 aliphatic carbocycles. The molecule has 0 saturated carbocycles. The average Bonchev–Trinajstić information content (AvgIpc) is 4.36. The summed E-state index contributed by atoms with van der Waals surface area (Å²) in [5.74, 6) is 2.82. The summed E-state index contributed by atoms with van der Waals surface area (Å²) >= 11 is 0. The molecule has 0 aliphatic heterocycles. The van der Waals surface area contributed by atoms with Crippen molar-refractivity contribution >= 4 is 44.0 Å². The Morgan fingerprint density at radius 1 is 0.440 bits per heavy atom. The molecule has 0 fully saturated rings.